The van der Waals surface area contributed by atoms with Crippen molar-refractivity contribution in [2.75, 3.05) is 0 Å². The first-order valence-corrected chi connectivity index (χ1v) is 4.56. The minimum absolute atomic E-state index is 0.0231. The van der Waals surface area contributed by atoms with Gasteiger partial charge in [0, 0.05) is 6.42 Å². The van der Waals surface area contributed by atoms with E-state index in [-0.39, 0.29) is 5.76 Å². The molecule has 1 aromatic rings. The average molecular weight is 214 g/mol. The Labute approximate surface area is 87.3 Å². The van der Waals surface area contributed by atoms with E-state index in [9.17, 15) is 9.59 Å². The largest absolute Gasteiger partial charge is 0.481 e. The summed E-state index contributed by atoms with van der Waals surface area (Å²) in [7, 11) is 0. The summed E-state index contributed by atoms with van der Waals surface area (Å²) in [5.74, 6) is -1.75. The predicted octanol–water partition coefficient (Wildman–Crippen LogP) is 2.24. The SMILES string of the molecule is CCCCC(=O)O.O=C(O)c1ccco1. The van der Waals surface area contributed by atoms with Crippen LogP contribution in [-0.2, 0) is 4.79 Å². The van der Waals surface area contributed by atoms with Crippen molar-refractivity contribution in [2.24, 2.45) is 0 Å². The van der Waals surface area contributed by atoms with E-state index in [2.05, 4.69) is 4.42 Å². The topological polar surface area (TPSA) is 87.7 Å². The molecule has 84 valence electrons. The average Bonchev–Trinajstić information content (AvgIpc) is 2.68. The monoisotopic (exact) mass is 214 g/mol. The van der Waals surface area contributed by atoms with Crippen molar-refractivity contribution >= 4 is 11.9 Å². The lowest BCUT2D eigenvalue weighted by molar-refractivity contribution is -0.137. The Morgan fingerprint density at radius 2 is 2.07 bits per heavy atom. The second-order valence-corrected chi connectivity index (χ2v) is 2.78. The summed E-state index contributed by atoms with van der Waals surface area (Å²) in [5.41, 5.74) is 0. The fourth-order valence-corrected chi connectivity index (χ4v) is 0.728. The van der Waals surface area contributed by atoms with Crippen molar-refractivity contribution in [1.29, 1.82) is 0 Å². The van der Waals surface area contributed by atoms with Crippen LogP contribution in [-0.4, -0.2) is 22.2 Å². The highest BCUT2D eigenvalue weighted by Gasteiger charge is 2.01. The Kier molecular flexibility index (Phi) is 6.70. The number of aromatic carboxylic acids is 1. The van der Waals surface area contributed by atoms with Crippen molar-refractivity contribution in [3.05, 3.63) is 24.2 Å². The first-order chi connectivity index (χ1) is 7.07. The number of furan rings is 1. The third-order valence-corrected chi connectivity index (χ3v) is 1.48. The molecule has 0 spiro atoms. The normalized spacial score (nSPS) is 8.87. The zero-order chi connectivity index (χ0) is 11.7. The van der Waals surface area contributed by atoms with Gasteiger partial charge in [0.25, 0.3) is 0 Å². The molecule has 1 heterocycles. The molecule has 15 heavy (non-hydrogen) atoms. The van der Waals surface area contributed by atoms with Gasteiger partial charge in [0.1, 0.15) is 0 Å². The van der Waals surface area contributed by atoms with Crippen molar-refractivity contribution in [2.45, 2.75) is 26.2 Å². The molecule has 1 aromatic heterocycles. The number of hydrogen-bond acceptors (Lipinski definition) is 3. The molecule has 0 atom stereocenters. The molecule has 0 radical (unpaired) electrons. The van der Waals surface area contributed by atoms with Crippen LogP contribution in [0.1, 0.15) is 36.7 Å². The standard InChI is InChI=1S/C5H4O3.C5H10O2/c6-5(7)4-2-1-3-8-4;1-2-3-4-5(6)7/h1-3H,(H,6,7);2-4H2,1H3,(H,6,7). The molecule has 0 aliphatic heterocycles. The van der Waals surface area contributed by atoms with Gasteiger partial charge < -0.3 is 14.6 Å². The molecule has 0 aromatic carbocycles. The number of rotatable bonds is 4. The first-order valence-electron chi connectivity index (χ1n) is 4.56. The number of carbonyl (C=O) groups is 2. The summed E-state index contributed by atoms with van der Waals surface area (Å²) in [4.78, 5) is 19.7. The van der Waals surface area contributed by atoms with Crippen LogP contribution in [0.5, 0.6) is 0 Å². The molecule has 0 aliphatic carbocycles. The van der Waals surface area contributed by atoms with Crippen molar-refractivity contribution < 1.29 is 24.2 Å². The highest BCUT2D eigenvalue weighted by atomic mass is 16.4. The summed E-state index contributed by atoms with van der Waals surface area (Å²) >= 11 is 0. The van der Waals surface area contributed by atoms with Gasteiger partial charge in [-0.1, -0.05) is 13.3 Å². The highest BCUT2D eigenvalue weighted by molar-refractivity contribution is 5.84. The maximum Gasteiger partial charge on any atom is 0.371 e. The van der Waals surface area contributed by atoms with Crippen LogP contribution in [0.4, 0.5) is 0 Å². The van der Waals surface area contributed by atoms with Crippen molar-refractivity contribution in [3.8, 4) is 0 Å². The Morgan fingerprint density at radius 3 is 2.27 bits per heavy atom. The molecule has 0 saturated carbocycles. The number of aliphatic carboxylic acids is 1. The molecule has 0 bridgehead atoms. The Balaban J connectivity index is 0.000000265. The minimum atomic E-state index is -1.03. The maximum atomic E-state index is 9.97. The Bertz CT molecular complexity index is 289. The number of unbranched alkanes of at least 4 members (excludes halogenated alkanes) is 1. The third kappa shape index (κ3) is 7.30. The van der Waals surface area contributed by atoms with Crippen LogP contribution in [0.15, 0.2) is 22.8 Å². The Hall–Kier alpha value is -1.78. The van der Waals surface area contributed by atoms with Gasteiger partial charge in [0.15, 0.2) is 0 Å². The molecule has 0 aliphatic rings. The van der Waals surface area contributed by atoms with Gasteiger partial charge in [-0.2, -0.15) is 0 Å². The van der Waals surface area contributed by atoms with Gasteiger partial charge in [0.2, 0.25) is 5.76 Å². The summed E-state index contributed by atoms with van der Waals surface area (Å²) in [6.07, 6.45) is 3.40. The molecule has 0 amide bonds. The molecule has 5 heteroatoms. The van der Waals surface area contributed by atoms with E-state index in [0.717, 1.165) is 12.8 Å². The van der Waals surface area contributed by atoms with E-state index in [1.165, 1.54) is 18.4 Å². The van der Waals surface area contributed by atoms with Gasteiger partial charge in [-0.05, 0) is 18.6 Å². The molecular weight excluding hydrogens is 200 g/mol. The maximum absolute atomic E-state index is 9.97. The fourth-order valence-electron chi connectivity index (χ4n) is 0.728. The quantitative estimate of drug-likeness (QED) is 0.802. The summed E-state index contributed by atoms with van der Waals surface area (Å²) in [6.45, 7) is 1.98. The lowest BCUT2D eigenvalue weighted by Gasteiger charge is -1.85. The fraction of sp³-hybridized carbons (Fsp3) is 0.400. The van der Waals surface area contributed by atoms with Crippen LogP contribution < -0.4 is 0 Å². The summed E-state index contributed by atoms with van der Waals surface area (Å²) < 4.78 is 4.50. The minimum Gasteiger partial charge on any atom is -0.481 e. The van der Waals surface area contributed by atoms with E-state index < -0.39 is 11.9 Å². The molecule has 0 fully saturated rings. The number of carboxylic acid groups (broad SMARTS) is 2. The van der Waals surface area contributed by atoms with Crippen LogP contribution in [0, 0.1) is 0 Å². The lowest BCUT2D eigenvalue weighted by atomic mass is 10.3. The highest BCUT2D eigenvalue weighted by Crippen LogP contribution is 1.97. The number of carboxylic acids is 2. The lowest BCUT2D eigenvalue weighted by Crippen LogP contribution is -1.91. The molecule has 5 nitrogen and oxygen atoms in total. The molecule has 0 unspecified atom stereocenters. The number of hydrogen-bond donors (Lipinski definition) is 2. The smallest absolute Gasteiger partial charge is 0.371 e. The van der Waals surface area contributed by atoms with E-state index >= 15 is 0 Å². The predicted molar refractivity (Wildman–Crippen MR) is 52.8 cm³/mol. The molecular formula is C10H14O5. The van der Waals surface area contributed by atoms with Gasteiger partial charge >= 0.3 is 11.9 Å². The van der Waals surface area contributed by atoms with Crippen LogP contribution in [0.3, 0.4) is 0 Å². The van der Waals surface area contributed by atoms with Gasteiger partial charge in [-0.25, -0.2) is 4.79 Å². The second-order valence-electron chi connectivity index (χ2n) is 2.78. The zero-order valence-electron chi connectivity index (χ0n) is 8.47. The molecule has 1 rings (SSSR count). The zero-order valence-corrected chi connectivity index (χ0v) is 8.47. The van der Waals surface area contributed by atoms with E-state index in [1.54, 1.807) is 0 Å². The summed E-state index contributed by atoms with van der Waals surface area (Å²) in [5, 5.41) is 16.2. The Morgan fingerprint density at radius 1 is 1.40 bits per heavy atom. The van der Waals surface area contributed by atoms with Crippen LogP contribution >= 0.6 is 0 Å². The first kappa shape index (κ1) is 13.2. The van der Waals surface area contributed by atoms with Crippen molar-refractivity contribution in [1.82, 2.24) is 0 Å². The molecule has 0 saturated heterocycles. The van der Waals surface area contributed by atoms with Gasteiger partial charge in [-0.15, -0.1) is 0 Å². The second kappa shape index (κ2) is 7.61. The van der Waals surface area contributed by atoms with Gasteiger partial charge in [-0.3, -0.25) is 4.79 Å². The third-order valence-electron chi connectivity index (χ3n) is 1.48. The van der Waals surface area contributed by atoms with E-state index in [4.69, 9.17) is 10.2 Å². The summed E-state index contributed by atoms with van der Waals surface area (Å²) in [6, 6.07) is 2.92. The van der Waals surface area contributed by atoms with E-state index in [1.807, 2.05) is 6.92 Å². The van der Waals surface area contributed by atoms with Crippen molar-refractivity contribution in [3.63, 3.8) is 0 Å². The molecule has 2 N–H and O–H groups in total. The van der Waals surface area contributed by atoms with Crippen LogP contribution in [0.2, 0.25) is 0 Å². The van der Waals surface area contributed by atoms with Crippen LogP contribution in [0.25, 0.3) is 0 Å². The van der Waals surface area contributed by atoms with E-state index in [0.29, 0.717) is 6.42 Å². The van der Waals surface area contributed by atoms with Gasteiger partial charge in [0.05, 0.1) is 6.26 Å².